The summed E-state index contributed by atoms with van der Waals surface area (Å²) in [4.78, 5) is 12.2. The van der Waals surface area contributed by atoms with Gasteiger partial charge in [-0.05, 0) is 55.0 Å². The number of nitrogens with one attached hydrogen (secondary N) is 1. The van der Waals surface area contributed by atoms with Crippen LogP contribution in [0.15, 0.2) is 48.5 Å². The van der Waals surface area contributed by atoms with Gasteiger partial charge in [-0.3, -0.25) is 4.79 Å². The van der Waals surface area contributed by atoms with Crippen LogP contribution in [0.1, 0.15) is 44.2 Å². The van der Waals surface area contributed by atoms with E-state index in [1.54, 1.807) is 6.92 Å². The van der Waals surface area contributed by atoms with Gasteiger partial charge in [0.25, 0.3) is 5.91 Å². The molecule has 3 nitrogen and oxygen atoms in total. The molecule has 0 aliphatic heterocycles. The average molecular weight is 360 g/mol. The van der Waals surface area contributed by atoms with Crippen molar-refractivity contribution in [2.75, 3.05) is 6.54 Å². The molecule has 0 unspecified atom stereocenters. The van der Waals surface area contributed by atoms with Gasteiger partial charge in [0.05, 0.1) is 0 Å². The molecule has 0 fully saturated rings. The number of halogens is 1. The smallest absolute Gasteiger partial charge is 0.260 e. The Hall–Kier alpha value is -2.00. The molecule has 0 aliphatic rings. The van der Waals surface area contributed by atoms with E-state index in [2.05, 4.69) is 19.2 Å². The van der Waals surface area contributed by atoms with E-state index in [0.717, 1.165) is 29.2 Å². The van der Waals surface area contributed by atoms with Crippen molar-refractivity contribution < 1.29 is 9.53 Å². The van der Waals surface area contributed by atoms with E-state index in [9.17, 15) is 4.79 Å². The lowest BCUT2D eigenvalue weighted by Gasteiger charge is -2.18. The van der Waals surface area contributed by atoms with E-state index in [1.165, 1.54) is 5.56 Å². The second-order valence-corrected chi connectivity index (χ2v) is 6.91. The number of benzene rings is 2. The summed E-state index contributed by atoms with van der Waals surface area (Å²) in [5.74, 6) is 1.04. The Bertz CT molecular complexity index is 683. The zero-order valence-corrected chi connectivity index (χ0v) is 15.8. The summed E-state index contributed by atoms with van der Waals surface area (Å²) in [6.07, 6.45) is 1.27. The average Bonchev–Trinajstić information content (AvgIpc) is 2.60. The highest BCUT2D eigenvalue weighted by Crippen LogP contribution is 2.26. The van der Waals surface area contributed by atoms with E-state index in [1.807, 2.05) is 48.5 Å². The first kappa shape index (κ1) is 19.3. The van der Waals surface area contributed by atoms with Crippen molar-refractivity contribution in [2.24, 2.45) is 0 Å². The predicted octanol–water partition coefficient (Wildman–Crippen LogP) is 4.98. The summed E-state index contributed by atoms with van der Waals surface area (Å²) < 4.78 is 5.87. The zero-order valence-electron chi connectivity index (χ0n) is 15.1. The number of aryl methyl sites for hydroxylation is 1. The third-order valence-corrected chi connectivity index (χ3v) is 4.32. The van der Waals surface area contributed by atoms with Gasteiger partial charge in [0, 0.05) is 11.6 Å². The lowest BCUT2D eigenvalue weighted by Crippen LogP contribution is -2.37. The van der Waals surface area contributed by atoms with Crippen LogP contribution in [0.2, 0.25) is 5.02 Å². The highest BCUT2D eigenvalue weighted by Gasteiger charge is 2.16. The molecule has 0 aromatic heterocycles. The first-order valence-electron chi connectivity index (χ1n) is 8.75. The van der Waals surface area contributed by atoms with Gasteiger partial charge in [0.15, 0.2) is 6.10 Å². The third-order valence-electron chi connectivity index (χ3n) is 4.07. The quantitative estimate of drug-likeness (QED) is 0.675. The summed E-state index contributed by atoms with van der Waals surface area (Å²) in [5.41, 5.74) is 2.33. The SMILES string of the molecule is CC(C)c1ccccc1O[C@@H](C)C(=O)NCCCc1ccc(Cl)cc1. The molecule has 25 heavy (non-hydrogen) atoms. The van der Waals surface area contributed by atoms with E-state index < -0.39 is 6.10 Å². The van der Waals surface area contributed by atoms with Crippen LogP contribution in [0, 0.1) is 0 Å². The standard InChI is InChI=1S/C21H26ClNO2/c1-15(2)19-8-4-5-9-20(19)25-16(3)21(24)23-14-6-7-17-10-12-18(22)13-11-17/h4-5,8-13,15-16H,6-7,14H2,1-3H3,(H,23,24)/t16-/m0/s1. The normalized spacial score (nSPS) is 12.0. The van der Waals surface area contributed by atoms with E-state index in [4.69, 9.17) is 16.3 Å². The molecule has 2 aromatic carbocycles. The minimum Gasteiger partial charge on any atom is -0.481 e. The van der Waals surface area contributed by atoms with Gasteiger partial charge in [-0.2, -0.15) is 0 Å². The number of para-hydroxylation sites is 1. The molecule has 0 radical (unpaired) electrons. The molecule has 0 aliphatic carbocycles. The minimum absolute atomic E-state index is 0.0883. The molecule has 134 valence electrons. The van der Waals surface area contributed by atoms with Crippen molar-refractivity contribution in [3.63, 3.8) is 0 Å². The van der Waals surface area contributed by atoms with Crippen molar-refractivity contribution in [3.8, 4) is 5.75 Å². The van der Waals surface area contributed by atoms with Gasteiger partial charge < -0.3 is 10.1 Å². The Balaban J connectivity index is 1.78. The Labute approximate surface area is 155 Å². The molecule has 1 amide bonds. The molecule has 0 bridgehead atoms. The number of hydrogen-bond donors (Lipinski definition) is 1. The monoisotopic (exact) mass is 359 g/mol. The van der Waals surface area contributed by atoms with Crippen LogP contribution in [0.4, 0.5) is 0 Å². The molecule has 2 rings (SSSR count). The number of amides is 1. The maximum atomic E-state index is 12.2. The molecule has 0 heterocycles. The maximum absolute atomic E-state index is 12.2. The van der Waals surface area contributed by atoms with Crippen molar-refractivity contribution in [1.29, 1.82) is 0 Å². The second-order valence-electron chi connectivity index (χ2n) is 6.47. The van der Waals surface area contributed by atoms with Crippen molar-refractivity contribution in [1.82, 2.24) is 5.32 Å². The summed E-state index contributed by atoms with van der Waals surface area (Å²) in [6.45, 7) is 6.64. The van der Waals surface area contributed by atoms with Crippen LogP contribution >= 0.6 is 11.6 Å². The molecular formula is C21H26ClNO2. The zero-order chi connectivity index (χ0) is 18.2. The van der Waals surface area contributed by atoms with Gasteiger partial charge >= 0.3 is 0 Å². The van der Waals surface area contributed by atoms with E-state index >= 15 is 0 Å². The third kappa shape index (κ3) is 6.09. The molecule has 4 heteroatoms. The minimum atomic E-state index is -0.518. The molecule has 0 saturated heterocycles. The molecule has 2 aromatic rings. The summed E-state index contributed by atoms with van der Waals surface area (Å²) in [6, 6.07) is 15.7. The molecule has 1 atom stereocenters. The van der Waals surface area contributed by atoms with Crippen LogP contribution < -0.4 is 10.1 Å². The Morgan fingerprint density at radius 1 is 1.08 bits per heavy atom. The fourth-order valence-corrected chi connectivity index (χ4v) is 2.73. The van der Waals surface area contributed by atoms with Crippen molar-refractivity contribution in [2.45, 2.75) is 45.6 Å². The van der Waals surface area contributed by atoms with Crippen LogP contribution in [-0.4, -0.2) is 18.6 Å². The lowest BCUT2D eigenvalue weighted by atomic mass is 10.0. The number of ether oxygens (including phenoxy) is 1. The number of hydrogen-bond acceptors (Lipinski definition) is 2. The summed E-state index contributed by atoms with van der Waals surface area (Å²) >= 11 is 5.88. The van der Waals surface area contributed by atoms with Gasteiger partial charge in [0.1, 0.15) is 5.75 Å². The van der Waals surface area contributed by atoms with Crippen LogP contribution in [-0.2, 0) is 11.2 Å². The largest absolute Gasteiger partial charge is 0.481 e. The van der Waals surface area contributed by atoms with Crippen LogP contribution in [0.5, 0.6) is 5.75 Å². The Morgan fingerprint density at radius 3 is 2.44 bits per heavy atom. The Kier molecular flexibility index (Phi) is 7.32. The first-order valence-corrected chi connectivity index (χ1v) is 9.13. The molecular weight excluding hydrogens is 334 g/mol. The van der Waals surface area contributed by atoms with Gasteiger partial charge in [-0.15, -0.1) is 0 Å². The number of carbonyl (C=O) groups excluding carboxylic acids is 1. The lowest BCUT2D eigenvalue weighted by molar-refractivity contribution is -0.127. The highest BCUT2D eigenvalue weighted by molar-refractivity contribution is 6.30. The fraction of sp³-hybridized carbons (Fsp3) is 0.381. The topological polar surface area (TPSA) is 38.3 Å². The van der Waals surface area contributed by atoms with Gasteiger partial charge in [-0.1, -0.05) is 55.8 Å². The molecule has 0 spiro atoms. The molecule has 1 N–H and O–H groups in total. The fourth-order valence-electron chi connectivity index (χ4n) is 2.61. The van der Waals surface area contributed by atoms with E-state index in [0.29, 0.717) is 12.5 Å². The van der Waals surface area contributed by atoms with Crippen LogP contribution in [0.25, 0.3) is 0 Å². The summed E-state index contributed by atoms with van der Waals surface area (Å²) in [5, 5.41) is 3.68. The van der Waals surface area contributed by atoms with Gasteiger partial charge in [-0.25, -0.2) is 0 Å². The highest BCUT2D eigenvalue weighted by atomic mass is 35.5. The van der Waals surface area contributed by atoms with Crippen LogP contribution in [0.3, 0.4) is 0 Å². The Morgan fingerprint density at radius 2 is 1.76 bits per heavy atom. The van der Waals surface area contributed by atoms with Crippen molar-refractivity contribution >= 4 is 17.5 Å². The second kappa shape index (κ2) is 9.47. The molecule has 0 saturated carbocycles. The van der Waals surface area contributed by atoms with Crippen molar-refractivity contribution in [3.05, 3.63) is 64.7 Å². The summed E-state index contributed by atoms with van der Waals surface area (Å²) in [7, 11) is 0. The van der Waals surface area contributed by atoms with Gasteiger partial charge in [0.2, 0.25) is 0 Å². The number of carbonyl (C=O) groups is 1. The first-order chi connectivity index (χ1) is 12.0. The predicted molar refractivity (Wildman–Crippen MR) is 103 cm³/mol. The van der Waals surface area contributed by atoms with E-state index in [-0.39, 0.29) is 5.91 Å². The number of rotatable bonds is 8. The maximum Gasteiger partial charge on any atom is 0.260 e.